The van der Waals surface area contributed by atoms with Gasteiger partial charge >= 0.3 is 0 Å². The van der Waals surface area contributed by atoms with E-state index >= 15 is 0 Å². The maximum atomic E-state index is 13.9. The Labute approximate surface area is 249 Å². The average molecular weight is 598 g/mol. The summed E-state index contributed by atoms with van der Waals surface area (Å²) in [6.07, 6.45) is 2.92. The molecule has 4 heterocycles. The van der Waals surface area contributed by atoms with E-state index in [1.54, 1.807) is 28.6 Å². The molecule has 0 radical (unpaired) electrons. The molecule has 2 aliphatic rings. The van der Waals surface area contributed by atoms with Crippen LogP contribution in [0.3, 0.4) is 0 Å². The van der Waals surface area contributed by atoms with Gasteiger partial charge in [0.05, 0.1) is 6.04 Å². The van der Waals surface area contributed by atoms with Gasteiger partial charge in [0.25, 0.3) is 5.56 Å². The summed E-state index contributed by atoms with van der Waals surface area (Å²) in [4.78, 5) is 40.3. The molecular formula is C29H30Cl2N6O2S. The van der Waals surface area contributed by atoms with Crippen LogP contribution >= 0.6 is 36.6 Å². The van der Waals surface area contributed by atoms with Crippen molar-refractivity contribution in [2.45, 2.75) is 48.2 Å². The molecule has 0 spiro atoms. The summed E-state index contributed by atoms with van der Waals surface area (Å²) < 4.78 is 1.62. The molecule has 0 fully saturated rings. The second-order valence-electron chi connectivity index (χ2n) is 9.69. The van der Waals surface area contributed by atoms with E-state index in [1.165, 1.54) is 0 Å². The smallest absolute Gasteiger partial charge is 0.294 e. The van der Waals surface area contributed by atoms with Gasteiger partial charge in [0.1, 0.15) is 11.9 Å². The van der Waals surface area contributed by atoms with Crippen molar-refractivity contribution in [1.29, 1.82) is 0 Å². The summed E-state index contributed by atoms with van der Waals surface area (Å²) in [5, 5.41) is 2.99. The molecular weight excluding hydrogens is 567 g/mol. The van der Waals surface area contributed by atoms with Crippen LogP contribution in [0.4, 0.5) is 11.6 Å². The number of aromatic nitrogens is 3. The lowest BCUT2D eigenvalue weighted by molar-refractivity contribution is -0.124. The highest BCUT2D eigenvalue weighted by molar-refractivity contribution is 7.99. The number of nitrogens with one attached hydrogen (secondary N) is 1. The second-order valence-corrected chi connectivity index (χ2v) is 10.8. The maximum absolute atomic E-state index is 13.9. The Morgan fingerprint density at radius 1 is 1.07 bits per heavy atom. The van der Waals surface area contributed by atoms with Crippen molar-refractivity contribution in [3.63, 3.8) is 0 Å². The number of hydrogen-bond donors (Lipinski definition) is 2. The van der Waals surface area contributed by atoms with Crippen molar-refractivity contribution in [2.24, 2.45) is 0 Å². The highest BCUT2D eigenvalue weighted by Gasteiger charge is 2.34. The summed E-state index contributed by atoms with van der Waals surface area (Å²) in [7, 11) is 1.91. The number of aryl methyl sites for hydroxylation is 2. The number of carbonyl (C=O) groups is 1. The Kier molecular flexibility index (Phi) is 8.77. The predicted molar refractivity (Wildman–Crippen MR) is 163 cm³/mol. The number of carbonyl (C=O) groups excluding carboxylic acids is 1. The number of halogens is 2. The maximum Gasteiger partial charge on any atom is 0.294 e. The molecule has 40 heavy (non-hydrogen) atoms. The summed E-state index contributed by atoms with van der Waals surface area (Å²) in [6.45, 7) is 2.19. The van der Waals surface area contributed by atoms with Gasteiger partial charge in [-0.3, -0.25) is 14.2 Å². The molecule has 6 rings (SSSR count). The third-order valence-corrected chi connectivity index (χ3v) is 8.57. The Balaban J connectivity index is 0.00000185. The first-order valence-electron chi connectivity index (χ1n) is 12.6. The molecule has 0 bridgehead atoms. The number of anilines is 2. The molecule has 8 nitrogen and oxygen atoms in total. The topological polar surface area (TPSA) is 106 Å². The molecule has 0 unspecified atom stereocenters. The molecule has 4 aromatic rings. The van der Waals surface area contributed by atoms with Gasteiger partial charge in [0, 0.05) is 41.0 Å². The summed E-state index contributed by atoms with van der Waals surface area (Å²) in [6, 6.07) is 19.4. The molecule has 0 saturated heterocycles. The van der Waals surface area contributed by atoms with Gasteiger partial charge < -0.3 is 16.0 Å². The number of amides is 1. The van der Waals surface area contributed by atoms with Crippen molar-refractivity contribution in [3.05, 3.63) is 105 Å². The van der Waals surface area contributed by atoms with Gasteiger partial charge in [0.15, 0.2) is 5.82 Å². The highest BCUT2D eigenvalue weighted by atomic mass is 35.5. The van der Waals surface area contributed by atoms with Crippen molar-refractivity contribution >= 4 is 54.1 Å². The van der Waals surface area contributed by atoms with E-state index in [0.717, 1.165) is 37.9 Å². The van der Waals surface area contributed by atoms with Crippen LogP contribution < -0.4 is 21.5 Å². The predicted octanol–water partition coefficient (Wildman–Crippen LogP) is 4.87. The van der Waals surface area contributed by atoms with Crippen LogP contribution in [0.15, 0.2) is 81.4 Å². The Bertz CT molecular complexity index is 1580. The molecule has 1 amide bonds. The van der Waals surface area contributed by atoms with E-state index in [-0.39, 0.29) is 42.3 Å². The Hall–Kier alpha value is -3.53. The first kappa shape index (κ1) is 29.5. The lowest BCUT2D eigenvalue weighted by Crippen LogP contribution is -2.39. The molecule has 1 atom stereocenters. The van der Waals surface area contributed by atoms with E-state index in [4.69, 9.17) is 5.73 Å². The molecule has 3 N–H and O–H groups in total. The van der Waals surface area contributed by atoms with Gasteiger partial charge in [-0.15, -0.1) is 24.8 Å². The van der Waals surface area contributed by atoms with E-state index in [0.29, 0.717) is 31.0 Å². The van der Waals surface area contributed by atoms with Gasteiger partial charge in [-0.2, -0.15) is 0 Å². The van der Waals surface area contributed by atoms with E-state index in [2.05, 4.69) is 39.6 Å². The largest absolute Gasteiger partial charge is 0.384 e. The van der Waals surface area contributed by atoms with Gasteiger partial charge in [-0.05, 0) is 54.7 Å². The number of benzene rings is 2. The van der Waals surface area contributed by atoms with Gasteiger partial charge in [-0.25, -0.2) is 9.97 Å². The standard InChI is InChI=1S/C29H28N6O2S.2ClH/c1-17-18(11-14-25(30)33-17)15-32-28(36)22-13-12-19-16-31-27(29(37)35(19)22)34(2)26-20-7-3-5-9-23(20)38-24-10-6-4-8-21(24)26;;/h3-11,14,16,22,26H,12-13,15H2,1-2H3,(H2,30,33)(H,32,36);2*1H/t22-;;/m0../s1. The average Bonchev–Trinajstić information content (AvgIpc) is 3.36. The van der Waals surface area contributed by atoms with Crippen LogP contribution in [0, 0.1) is 6.92 Å². The quantitative estimate of drug-likeness (QED) is 0.338. The van der Waals surface area contributed by atoms with Crippen LogP contribution in [-0.4, -0.2) is 27.5 Å². The minimum atomic E-state index is -0.587. The monoisotopic (exact) mass is 596 g/mol. The molecule has 208 valence electrons. The summed E-state index contributed by atoms with van der Waals surface area (Å²) in [5.41, 5.74) is 10.2. The fraction of sp³-hybridized carbons (Fsp3) is 0.241. The van der Waals surface area contributed by atoms with Crippen molar-refractivity contribution in [3.8, 4) is 0 Å². The second kappa shape index (κ2) is 11.9. The minimum absolute atomic E-state index is 0. The molecule has 0 saturated carbocycles. The van der Waals surface area contributed by atoms with Crippen LogP contribution in [0.1, 0.15) is 46.6 Å². The zero-order valence-corrected chi connectivity index (χ0v) is 24.5. The number of fused-ring (bicyclic) bond motifs is 3. The third-order valence-electron chi connectivity index (χ3n) is 7.38. The molecule has 2 aromatic heterocycles. The first-order chi connectivity index (χ1) is 18.4. The van der Waals surface area contributed by atoms with Crippen LogP contribution in [0.5, 0.6) is 0 Å². The van der Waals surface area contributed by atoms with Gasteiger partial charge in [-0.1, -0.05) is 54.2 Å². The minimum Gasteiger partial charge on any atom is -0.384 e. The van der Waals surface area contributed by atoms with E-state index in [1.807, 2.05) is 49.2 Å². The number of nitrogen functional groups attached to an aromatic ring is 1. The van der Waals surface area contributed by atoms with E-state index in [9.17, 15) is 9.59 Å². The molecule has 2 aromatic carbocycles. The van der Waals surface area contributed by atoms with Gasteiger partial charge in [0.2, 0.25) is 5.91 Å². The van der Waals surface area contributed by atoms with Crippen LogP contribution in [-0.2, 0) is 17.8 Å². The Morgan fingerprint density at radius 2 is 1.73 bits per heavy atom. The highest BCUT2D eigenvalue weighted by Crippen LogP contribution is 2.47. The van der Waals surface area contributed by atoms with Crippen molar-refractivity contribution < 1.29 is 4.79 Å². The normalized spacial score (nSPS) is 15.1. The fourth-order valence-electron chi connectivity index (χ4n) is 5.44. The molecule has 0 aliphatic carbocycles. The number of pyridine rings is 1. The van der Waals surface area contributed by atoms with Crippen molar-refractivity contribution in [1.82, 2.24) is 19.9 Å². The lowest BCUT2D eigenvalue weighted by Gasteiger charge is -2.35. The SMILES string of the molecule is Cc1nc(N)ccc1CNC(=O)[C@@H]1CCc2cnc(N(C)C3c4ccccc4Sc4ccccc43)c(=O)n21.Cl.Cl. The third kappa shape index (κ3) is 5.16. The van der Waals surface area contributed by atoms with Crippen molar-refractivity contribution in [2.75, 3.05) is 17.7 Å². The lowest BCUT2D eigenvalue weighted by atomic mass is 9.96. The molecule has 2 aliphatic heterocycles. The number of hydrogen-bond acceptors (Lipinski definition) is 7. The zero-order chi connectivity index (χ0) is 26.4. The number of nitrogens with zero attached hydrogens (tertiary/aromatic N) is 4. The van der Waals surface area contributed by atoms with Crippen LogP contribution in [0.25, 0.3) is 0 Å². The Morgan fingerprint density at radius 3 is 2.38 bits per heavy atom. The first-order valence-corrected chi connectivity index (χ1v) is 13.4. The number of rotatable bonds is 5. The zero-order valence-electron chi connectivity index (χ0n) is 22.0. The van der Waals surface area contributed by atoms with Crippen LogP contribution in [0.2, 0.25) is 0 Å². The molecule has 11 heteroatoms. The van der Waals surface area contributed by atoms with E-state index < -0.39 is 6.04 Å². The summed E-state index contributed by atoms with van der Waals surface area (Å²) >= 11 is 1.74. The fourth-order valence-corrected chi connectivity index (χ4v) is 6.57. The number of nitrogens with two attached hydrogens (primary N) is 1. The summed E-state index contributed by atoms with van der Waals surface area (Å²) in [5.74, 6) is 0.583.